The largest absolute Gasteiger partial charge is 0.491 e. The number of esters is 1. The Bertz CT molecular complexity index is 1590. The first kappa shape index (κ1) is 49.8. The summed E-state index contributed by atoms with van der Waals surface area (Å²) in [7, 11) is 0. The van der Waals surface area contributed by atoms with Crippen molar-refractivity contribution in [3.05, 3.63) is 71.8 Å². The third kappa shape index (κ3) is 24.3. The van der Waals surface area contributed by atoms with Gasteiger partial charge in [-0.2, -0.15) is 0 Å². The molecule has 16 heteroatoms. The van der Waals surface area contributed by atoms with Crippen molar-refractivity contribution >= 4 is 35.6 Å². The third-order valence-electron chi connectivity index (χ3n) is 8.44. The number of hydrogen-bond donors (Lipinski definition) is 3. The van der Waals surface area contributed by atoms with Gasteiger partial charge in [-0.05, 0) is 93.5 Å². The second-order valence-electron chi connectivity index (χ2n) is 13.8. The van der Waals surface area contributed by atoms with Gasteiger partial charge in [-0.25, -0.2) is 9.59 Å². The van der Waals surface area contributed by atoms with Crippen molar-refractivity contribution in [3.8, 4) is 11.5 Å². The monoisotopic (exact) mass is 829 g/mol. The van der Waals surface area contributed by atoms with Crippen molar-refractivity contribution < 1.29 is 72.1 Å². The van der Waals surface area contributed by atoms with Crippen LogP contribution in [0.5, 0.6) is 11.5 Å². The lowest BCUT2D eigenvalue weighted by Gasteiger charge is -2.19. The van der Waals surface area contributed by atoms with Gasteiger partial charge in [0.2, 0.25) is 0 Å². The number of rotatable bonds is 34. The summed E-state index contributed by atoms with van der Waals surface area (Å²) in [5.41, 5.74) is 1.24. The molecule has 0 bridgehead atoms. The van der Waals surface area contributed by atoms with Crippen LogP contribution in [-0.4, -0.2) is 118 Å². The van der Waals surface area contributed by atoms with Gasteiger partial charge in [-0.1, -0.05) is 13.5 Å². The van der Waals surface area contributed by atoms with Crippen molar-refractivity contribution in [1.29, 1.82) is 0 Å². The minimum absolute atomic E-state index is 0.0378. The molecule has 3 N–H and O–H groups in total. The Balaban J connectivity index is 1.65. The standard InChI is InChI=1S/C43H59NO15/c1-31(2)42(51)58-24-21-44-43(52)59-37(30-55-26-28-57-36-18-14-34(15-19-36)39(46)9-5-11-41(49)50)7-6-22-53-23-20-32(3)29-54-25-27-56-35-16-12-33(13-17-35)38(45)8-4-10-40(47)48/h12-19,32,37H,1,4-11,20-30H2,2-3H3,(H,44,52)(H,47,48)(H,49,50). The maximum atomic E-state index is 12.5. The van der Waals surface area contributed by atoms with E-state index in [1.54, 1.807) is 48.5 Å². The minimum atomic E-state index is -0.939. The molecule has 2 unspecified atom stereocenters. The number of alkyl carbamates (subject to hydrolysis) is 1. The van der Waals surface area contributed by atoms with Gasteiger partial charge in [0.1, 0.15) is 37.4 Å². The normalized spacial score (nSPS) is 11.8. The van der Waals surface area contributed by atoms with Crippen LogP contribution < -0.4 is 14.8 Å². The smallest absolute Gasteiger partial charge is 0.407 e. The fraction of sp³-hybridized carbons (Fsp3) is 0.535. The second kappa shape index (κ2) is 29.8. The van der Waals surface area contributed by atoms with Crippen LogP contribution in [0.15, 0.2) is 60.7 Å². The number of carbonyl (C=O) groups excluding carboxylic acids is 4. The molecule has 0 aliphatic carbocycles. The highest BCUT2D eigenvalue weighted by molar-refractivity contribution is 5.96. The number of carbonyl (C=O) groups is 6. The van der Waals surface area contributed by atoms with E-state index >= 15 is 0 Å². The summed E-state index contributed by atoms with van der Waals surface area (Å²) in [6.07, 6.45) is 1.36. The van der Waals surface area contributed by atoms with E-state index < -0.39 is 30.1 Å². The van der Waals surface area contributed by atoms with Crippen LogP contribution >= 0.6 is 0 Å². The van der Waals surface area contributed by atoms with Gasteiger partial charge in [-0.3, -0.25) is 19.2 Å². The maximum absolute atomic E-state index is 12.5. The molecule has 0 aromatic heterocycles. The average molecular weight is 830 g/mol. The highest BCUT2D eigenvalue weighted by Gasteiger charge is 2.16. The van der Waals surface area contributed by atoms with Gasteiger partial charge in [-0.15, -0.1) is 0 Å². The van der Waals surface area contributed by atoms with Gasteiger partial charge in [0.15, 0.2) is 11.6 Å². The number of aliphatic carboxylic acids is 2. The predicted octanol–water partition coefficient (Wildman–Crippen LogP) is 6.09. The number of carboxylic acid groups (broad SMARTS) is 2. The van der Waals surface area contributed by atoms with E-state index in [0.717, 1.165) is 6.42 Å². The molecular weight excluding hydrogens is 770 g/mol. The van der Waals surface area contributed by atoms with Gasteiger partial charge < -0.3 is 48.7 Å². The van der Waals surface area contributed by atoms with Crippen molar-refractivity contribution in [2.24, 2.45) is 5.92 Å². The lowest BCUT2D eigenvalue weighted by molar-refractivity contribution is -0.139. The number of carboxylic acids is 2. The summed E-state index contributed by atoms with van der Waals surface area (Å²) in [6, 6.07) is 13.3. The molecule has 2 atom stereocenters. The zero-order valence-electron chi connectivity index (χ0n) is 34.1. The van der Waals surface area contributed by atoms with E-state index in [-0.39, 0.29) is 88.1 Å². The van der Waals surface area contributed by atoms with E-state index in [0.29, 0.717) is 74.9 Å². The van der Waals surface area contributed by atoms with Gasteiger partial charge in [0.25, 0.3) is 0 Å². The number of amides is 1. The zero-order chi connectivity index (χ0) is 43.3. The van der Waals surface area contributed by atoms with Crippen LogP contribution in [-0.2, 0) is 38.1 Å². The van der Waals surface area contributed by atoms with Crippen LogP contribution in [0, 0.1) is 5.92 Å². The molecule has 2 aromatic carbocycles. The van der Waals surface area contributed by atoms with Gasteiger partial charge in [0.05, 0.1) is 26.4 Å². The summed E-state index contributed by atoms with van der Waals surface area (Å²) >= 11 is 0. The molecule has 0 radical (unpaired) electrons. The first-order valence-electron chi connectivity index (χ1n) is 19.8. The molecule has 16 nitrogen and oxygen atoms in total. The van der Waals surface area contributed by atoms with E-state index in [1.807, 2.05) is 0 Å². The summed E-state index contributed by atoms with van der Waals surface area (Å²) in [6.45, 7) is 9.83. The first-order valence-corrected chi connectivity index (χ1v) is 19.8. The second-order valence-corrected chi connectivity index (χ2v) is 13.8. The Morgan fingerprint density at radius 3 is 1.66 bits per heavy atom. The molecule has 0 saturated heterocycles. The number of ether oxygens (including phenoxy) is 7. The molecule has 0 spiro atoms. The van der Waals surface area contributed by atoms with Crippen LogP contribution in [0.25, 0.3) is 0 Å². The number of benzene rings is 2. The highest BCUT2D eigenvalue weighted by Crippen LogP contribution is 2.16. The van der Waals surface area contributed by atoms with Gasteiger partial charge >= 0.3 is 24.0 Å². The Kier molecular flexibility index (Phi) is 25.2. The molecule has 1 amide bonds. The Hall–Kier alpha value is -5.32. The predicted molar refractivity (Wildman–Crippen MR) is 215 cm³/mol. The minimum Gasteiger partial charge on any atom is -0.491 e. The van der Waals surface area contributed by atoms with Crippen LogP contribution in [0.1, 0.15) is 92.4 Å². The molecule has 0 heterocycles. The SMILES string of the molecule is C=C(C)C(=O)OCCNC(=O)OC(CCCOCCC(C)COCCOc1ccc(C(=O)CCCC(=O)O)cc1)COCCOc1ccc(C(=O)CCCC(=O)O)cc1. The van der Waals surface area contributed by atoms with Crippen molar-refractivity contribution in [1.82, 2.24) is 5.32 Å². The topological polar surface area (TPSA) is 220 Å². The van der Waals surface area contributed by atoms with E-state index in [1.165, 1.54) is 6.92 Å². The van der Waals surface area contributed by atoms with Crippen LogP contribution in [0.3, 0.4) is 0 Å². The summed E-state index contributed by atoms with van der Waals surface area (Å²) in [5, 5.41) is 20.0. The molecular formula is C43H59NO15. The van der Waals surface area contributed by atoms with E-state index in [2.05, 4.69) is 18.8 Å². The lowest BCUT2D eigenvalue weighted by atomic mass is 10.1. The highest BCUT2D eigenvalue weighted by atomic mass is 16.6. The zero-order valence-corrected chi connectivity index (χ0v) is 34.1. The molecule has 0 fully saturated rings. The van der Waals surface area contributed by atoms with E-state index in [4.69, 9.17) is 43.4 Å². The van der Waals surface area contributed by atoms with Crippen LogP contribution in [0.2, 0.25) is 0 Å². The van der Waals surface area contributed by atoms with E-state index in [9.17, 15) is 28.8 Å². The third-order valence-corrected chi connectivity index (χ3v) is 8.44. The molecule has 0 saturated carbocycles. The number of nitrogens with one attached hydrogen (secondary N) is 1. The number of ketones is 2. The maximum Gasteiger partial charge on any atom is 0.407 e. The summed E-state index contributed by atoms with van der Waals surface area (Å²) in [5.74, 6) is -1.28. The quantitative estimate of drug-likeness (QED) is 0.0315. The molecule has 2 rings (SSSR count). The Morgan fingerprint density at radius 1 is 0.627 bits per heavy atom. The van der Waals surface area contributed by atoms with Crippen LogP contribution in [0.4, 0.5) is 4.79 Å². The molecule has 0 aliphatic heterocycles. The van der Waals surface area contributed by atoms with Crippen molar-refractivity contribution in [2.75, 3.05) is 66.0 Å². The molecule has 326 valence electrons. The first-order chi connectivity index (χ1) is 28.3. The molecule has 2 aromatic rings. The van der Waals surface area contributed by atoms with Gasteiger partial charge in [0, 0.05) is 62.2 Å². The lowest BCUT2D eigenvalue weighted by Crippen LogP contribution is -2.34. The average Bonchev–Trinajstić information content (AvgIpc) is 3.20. The number of Topliss-reactive ketones (excluding diaryl/α,β-unsaturated/α-hetero) is 2. The summed E-state index contributed by atoms with van der Waals surface area (Å²) in [4.78, 5) is 69.7. The molecule has 0 aliphatic rings. The summed E-state index contributed by atoms with van der Waals surface area (Å²) < 4.78 is 39.3. The Morgan fingerprint density at radius 2 is 1.15 bits per heavy atom. The van der Waals surface area contributed by atoms with Crippen molar-refractivity contribution in [3.63, 3.8) is 0 Å². The molecule has 59 heavy (non-hydrogen) atoms. The van der Waals surface area contributed by atoms with Crippen molar-refractivity contribution in [2.45, 2.75) is 77.7 Å². The number of hydrogen-bond acceptors (Lipinski definition) is 13. The fourth-order valence-corrected chi connectivity index (χ4v) is 5.17. The fourth-order valence-electron chi connectivity index (χ4n) is 5.17. The Labute approximate surface area is 345 Å².